The minimum Gasteiger partial charge on any atom is -0.354 e. The van der Waals surface area contributed by atoms with Crippen LogP contribution in [0.3, 0.4) is 0 Å². The van der Waals surface area contributed by atoms with E-state index in [9.17, 15) is 9.59 Å². The number of carbonyl (C=O) groups is 2. The van der Waals surface area contributed by atoms with Gasteiger partial charge in [-0.2, -0.15) is 0 Å². The molecule has 3 N–H and O–H groups in total. The highest BCUT2D eigenvalue weighted by atomic mass is 35.5. The lowest BCUT2D eigenvalue weighted by Crippen LogP contribution is -2.52. The number of hydrogen-bond acceptors (Lipinski definition) is 4. The molecule has 124 valence electrons. The minimum atomic E-state index is -0.349. The van der Waals surface area contributed by atoms with Gasteiger partial charge in [0.2, 0.25) is 5.91 Å². The monoisotopic (exact) mass is 345 g/mol. The van der Waals surface area contributed by atoms with Gasteiger partial charge in [-0.05, 0) is 43.2 Å². The molecule has 0 spiro atoms. The highest BCUT2D eigenvalue weighted by molar-refractivity contribution is 7.12. The lowest BCUT2D eigenvalue weighted by atomic mass is 10.0. The number of halogens is 1. The van der Waals surface area contributed by atoms with E-state index in [0.717, 1.165) is 19.3 Å². The van der Waals surface area contributed by atoms with Crippen molar-refractivity contribution in [2.24, 2.45) is 11.7 Å². The molecule has 1 saturated heterocycles. The van der Waals surface area contributed by atoms with Gasteiger partial charge in [-0.25, -0.2) is 0 Å². The Balaban J connectivity index is 0.00000242. The molecule has 22 heavy (non-hydrogen) atoms. The van der Waals surface area contributed by atoms with Gasteiger partial charge in [0.25, 0.3) is 5.91 Å². The van der Waals surface area contributed by atoms with Gasteiger partial charge >= 0.3 is 0 Å². The molecule has 0 radical (unpaired) electrons. The zero-order valence-corrected chi connectivity index (χ0v) is 14.4. The van der Waals surface area contributed by atoms with E-state index in [1.54, 1.807) is 4.90 Å². The van der Waals surface area contributed by atoms with E-state index < -0.39 is 0 Å². The van der Waals surface area contributed by atoms with Crippen LogP contribution >= 0.6 is 23.7 Å². The number of likely N-dealkylation sites (tertiary alicyclic amines) is 1. The number of nitrogens with two attached hydrogens (primary N) is 1. The largest absolute Gasteiger partial charge is 0.354 e. The molecule has 2 amide bonds. The summed E-state index contributed by atoms with van der Waals surface area (Å²) in [6.07, 6.45) is 2.68. The van der Waals surface area contributed by atoms with Gasteiger partial charge in [0, 0.05) is 13.1 Å². The second kappa shape index (κ2) is 9.12. The molecular weight excluding hydrogens is 322 g/mol. The molecule has 7 heteroatoms. The average molecular weight is 346 g/mol. The fraction of sp³-hybridized carbons (Fsp3) is 0.600. The summed E-state index contributed by atoms with van der Waals surface area (Å²) in [7, 11) is 0. The predicted molar refractivity (Wildman–Crippen MR) is 91.5 cm³/mol. The van der Waals surface area contributed by atoms with Crippen LogP contribution in [0.1, 0.15) is 35.9 Å². The topological polar surface area (TPSA) is 75.4 Å². The first kappa shape index (κ1) is 18.9. The Kier molecular flexibility index (Phi) is 7.85. The Bertz CT molecular complexity index is 481. The molecule has 0 aromatic carbocycles. The summed E-state index contributed by atoms with van der Waals surface area (Å²) in [4.78, 5) is 27.3. The average Bonchev–Trinajstić information content (AvgIpc) is 3.05. The number of piperidine rings is 1. The molecule has 2 rings (SSSR count). The summed E-state index contributed by atoms with van der Waals surface area (Å²) in [6, 6.07) is 3.32. The summed E-state index contributed by atoms with van der Waals surface area (Å²) in [5.41, 5.74) is 5.56. The van der Waals surface area contributed by atoms with Gasteiger partial charge in [-0.15, -0.1) is 23.7 Å². The first-order valence-electron chi connectivity index (χ1n) is 7.45. The Morgan fingerprint density at radius 2 is 2.27 bits per heavy atom. The van der Waals surface area contributed by atoms with E-state index >= 15 is 0 Å². The Labute approximate surface area is 141 Å². The molecule has 1 aliphatic rings. The molecule has 1 aliphatic heterocycles. The van der Waals surface area contributed by atoms with Crippen molar-refractivity contribution in [1.29, 1.82) is 0 Å². The highest BCUT2D eigenvalue weighted by Crippen LogP contribution is 2.21. The van der Waals surface area contributed by atoms with Gasteiger partial charge < -0.3 is 16.0 Å². The van der Waals surface area contributed by atoms with Crippen LogP contribution in [-0.2, 0) is 4.79 Å². The molecule has 1 fully saturated rings. The maximum absolute atomic E-state index is 12.5. The Hall–Kier alpha value is -1.11. The zero-order valence-electron chi connectivity index (χ0n) is 12.8. The first-order chi connectivity index (χ1) is 10.1. The minimum absolute atomic E-state index is 0. The third-order valence-electron chi connectivity index (χ3n) is 3.83. The van der Waals surface area contributed by atoms with Crippen LogP contribution in [0.2, 0.25) is 0 Å². The van der Waals surface area contributed by atoms with Crippen LogP contribution in [-0.4, -0.2) is 42.4 Å². The molecule has 0 aliphatic carbocycles. The van der Waals surface area contributed by atoms with Gasteiger partial charge in [-0.1, -0.05) is 13.0 Å². The quantitative estimate of drug-likeness (QED) is 0.855. The van der Waals surface area contributed by atoms with Gasteiger partial charge in [0.05, 0.1) is 4.88 Å². The van der Waals surface area contributed by atoms with Crippen LogP contribution in [0.5, 0.6) is 0 Å². The summed E-state index contributed by atoms with van der Waals surface area (Å²) in [5.74, 6) is 0.163. The van der Waals surface area contributed by atoms with Crippen LogP contribution < -0.4 is 11.1 Å². The van der Waals surface area contributed by atoms with Crippen LogP contribution in [0.15, 0.2) is 17.5 Å². The molecule has 2 heterocycles. The van der Waals surface area contributed by atoms with Crippen LogP contribution in [0.4, 0.5) is 0 Å². The van der Waals surface area contributed by atoms with E-state index in [0.29, 0.717) is 24.5 Å². The third-order valence-corrected chi connectivity index (χ3v) is 4.68. The first-order valence-corrected chi connectivity index (χ1v) is 8.33. The number of thiophene rings is 1. The molecule has 2 unspecified atom stereocenters. The number of rotatable bonds is 5. The SMILES string of the molecule is CC(CN)CNC(=O)C1CCCCN1C(=O)c1cccs1.Cl. The fourth-order valence-corrected chi connectivity index (χ4v) is 3.14. The van der Waals surface area contributed by atoms with E-state index in [-0.39, 0.29) is 36.2 Å². The molecule has 1 aromatic rings. The molecular formula is C15H24ClN3O2S. The summed E-state index contributed by atoms with van der Waals surface area (Å²) >= 11 is 1.42. The lowest BCUT2D eigenvalue weighted by molar-refractivity contribution is -0.126. The maximum atomic E-state index is 12.5. The van der Waals surface area contributed by atoms with Crippen LogP contribution in [0, 0.1) is 5.92 Å². The second-order valence-corrected chi connectivity index (χ2v) is 6.52. The summed E-state index contributed by atoms with van der Waals surface area (Å²) < 4.78 is 0. The van der Waals surface area contributed by atoms with Crippen LogP contribution in [0.25, 0.3) is 0 Å². The zero-order chi connectivity index (χ0) is 15.2. The Morgan fingerprint density at radius 1 is 1.50 bits per heavy atom. The third kappa shape index (κ3) is 4.69. The van der Waals surface area contributed by atoms with Crippen molar-refractivity contribution in [3.8, 4) is 0 Å². The fourth-order valence-electron chi connectivity index (χ4n) is 2.46. The maximum Gasteiger partial charge on any atom is 0.264 e. The highest BCUT2D eigenvalue weighted by Gasteiger charge is 2.32. The van der Waals surface area contributed by atoms with Crippen molar-refractivity contribution in [2.75, 3.05) is 19.6 Å². The predicted octanol–water partition coefficient (Wildman–Crippen LogP) is 1.88. The van der Waals surface area contributed by atoms with E-state index in [2.05, 4.69) is 5.32 Å². The lowest BCUT2D eigenvalue weighted by Gasteiger charge is -2.34. The van der Waals surface area contributed by atoms with E-state index in [1.807, 2.05) is 24.4 Å². The standard InChI is InChI=1S/C15H23N3O2S.ClH/c1-11(9-16)10-17-14(19)12-5-2-3-7-18(12)15(20)13-6-4-8-21-13;/h4,6,8,11-12H,2-3,5,7,9-10,16H2,1H3,(H,17,19);1H. The normalized spacial score (nSPS) is 19.2. The molecule has 0 bridgehead atoms. The summed E-state index contributed by atoms with van der Waals surface area (Å²) in [5, 5.41) is 4.81. The number of carbonyl (C=O) groups excluding carboxylic acids is 2. The number of amides is 2. The molecule has 0 saturated carbocycles. The van der Waals surface area contributed by atoms with Crippen molar-refractivity contribution in [2.45, 2.75) is 32.2 Å². The van der Waals surface area contributed by atoms with Gasteiger partial charge in [0.15, 0.2) is 0 Å². The molecule has 1 aromatic heterocycles. The number of nitrogens with zero attached hydrogens (tertiary/aromatic N) is 1. The smallest absolute Gasteiger partial charge is 0.264 e. The van der Waals surface area contributed by atoms with Gasteiger partial charge in [0.1, 0.15) is 6.04 Å². The van der Waals surface area contributed by atoms with Crippen molar-refractivity contribution >= 4 is 35.6 Å². The number of nitrogens with one attached hydrogen (secondary N) is 1. The van der Waals surface area contributed by atoms with Crippen molar-refractivity contribution in [3.63, 3.8) is 0 Å². The van der Waals surface area contributed by atoms with Crippen molar-refractivity contribution in [3.05, 3.63) is 22.4 Å². The van der Waals surface area contributed by atoms with Crippen molar-refractivity contribution < 1.29 is 9.59 Å². The Morgan fingerprint density at radius 3 is 2.91 bits per heavy atom. The van der Waals surface area contributed by atoms with E-state index in [1.165, 1.54) is 11.3 Å². The summed E-state index contributed by atoms with van der Waals surface area (Å²) in [6.45, 7) is 3.76. The molecule has 2 atom stereocenters. The number of hydrogen-bond donors (Lipinski definition) is 2. The van der Waals surface area contributed by atoms with Gasteiger partial charge in [-0.3, -0.25) is 9.59 Å². The van der Waals surface area contributed by atoms with E-state index in [4.69, 9.17) is 5.73 Å². The second-order valence-electron chi connectivity index (χ2n) is 5.57. The molecule has 5 nitrogen and oxygen atoms in total. The van der Waals surface area contributed by atoms with Crippen molar-refractivity contribution in [1.82, 2.24) is 10.2 Å².